The van der Waals surface area contributed by atoms with Crippen LogP contribution in [0.5, 0.6) is 0 Å². The van der Waals surface area contributed by atoms with Gasteiger partial charge in [0.05, 0.1) is 6.20 Å². The molecule has 7 nitrogen and oxygen atoms in total. The van der Waals surface area contributed by atoms with E-state index in [1.165, 1.54) is 12.8 Å². The monoisotopic (exact) mass is 245 g/mol. The first-order valence-corrected chi connectivity index (χ1v) is 6.32. The SMILES string of the molecule is CN1CC2CCC(C1)N2c1nccn2nnnc12. The maximum absolute atomic E-state index is 4.51. The molecule has 2 fully saturated rings. The Morgan fingerprint density at radius 1 is 1.22 bits per heavy atom. The second-order valence-electron chi connectivity index (χ2n) is 5.21. The number of likely N-dealkylation sites (tertiary alicyclic amines) is 1. The van der Waals surface area contributed by atoms with Crippen LogP contribution in [0.1, 0.15) is 12.8 Å². The molecule has 0 saturated carbocycles. The van der Waals surface area contributed by atoms with Gasteiger partial charge in [0.15, 0.2) is 5.82 Å². The topological polar surface area (TPSA) is 62.5 Å². The average molecular weight is 245 g/mol. The molecular weight excluding hydrogens is 230 g/mol. The fraction of sp³-hybridized carbons (Fsp3) is 0.636. The Hall–Kier alpha value is -1.76. The normalized spacial score (nSPS) is 28.2. The Balaban J connectivity index is 1.81. The molecule has 0 amide bonds. The maximum Gasteiger partial charge on any atom is 0.222 e. The van der Waals surface area contributed by atoms with E-state index in [1.54, 1.807) is 16.9 Å². The summed E-state index contributed by atoms with van der Waals surface area (Å²) >= 11 is 0. The first-order valence-electron chi connectivity index (χ1n) is 6.32. The van der Waals surface area contributed by atoms with Crippen LogP contribution in [0.25, 0.3) is 5.65 Å². The van der Waals surface area contributed by atoms with Crippen molar-refractivity contribution < 1.29 is 0 Å². The largest absolute Gasteiger partial charge is 0.345 e. The van der Waals surface area contributed by atoms with Crippen LogP contribution < -0.4 is 4.90 Å². The smallest absolute Gasteiger partial charge is 0.222 e. The lowest BCUT2D eigenvalue weighted by Gasteiger charge is -2.40. The van der Waals surface area contributed by atoms with Crippen molar-refractivity contribution in [3.8, 4) is 0 Å². The van der Waals surface area contributed by atoms with Crippen LogP contribution in [0.4, 0.5) is 5.82 Å². The summed E-state index contributed by atoms with van der Waals surface area (Å²) in [5, 5.41) is 11.8. The van der Waals surface area contributed by atoms with E-state index < -0.39 is 0 Å². The zero-order chi connectivity index (χ0) is 12.1. The molecule has 0 radical (unpaired) electrons. The predicted octanol–water partition coefficient (Wildman–Crippen LogP) is -0.198. The standard InChI is InChI=1S/C11H15N7/c1-16-6-8-2-3-9(7-16)18(8)10-11-13-14-15-17(11)5-4-12-10/h4-5,8-9H,2-3,6-7H2,1H3. The lowest BCUT2D eigenvalue weighted by atomic mass is 10.2. The Kier molecular flexibility index (Phi) is 2.05. The predicted molar refractivity (Wildman–Crippen MR) is 65.4 cm³/mol. The molecule has 0 spiro atoms. The number of likely N-dealkylation sites (N-methyl/N-ethyl adjacent to an activating group) is 1. The molecule has 18 heavy (non-hydrogen) atoms. The summed E-state index contributed by atoms with van der Waals surface area (Å²) in [6.45, 7) is 2.20. The minimum Gasteiger partial charge on any atom is -0.345 e. The molecule has 2 aromatic heterocycles. The van der Waals surface area contributed by atoms with Crippen molar-refractivity contribution in [3.05, 3.63) is 12.4 Å². The summed E-state index contributed by atoms with van der Waals surface area (Å²) in [5.41, 5.74) is 0.763. The minimum atomic E-state index is 0.546. The molecule has 2 saturated heterocycles. The van der Waals surface area contributed by atoms with Crippen LogP contribution in [0.2, 0.25) is 0 Å². The highest BCUT2D eigenvalue weighted by atomic mass is 15.5. The van der Waals surface area contributed by atoms with E-state index in [1.807, 2.05) is 0 Å². The van der Waals surface area contributed by atoms with Crippen LogP contribution in [0.15, 0.2) is 12.4 Å². The number of anilines is 1. The third kappa shape index (κ3) is 1.34. The van der Waals surface area contributed by atoms with Crippen LogP contribution >= 0.6 is 0 Å². The van der Waals surface area contributed by atoms with Crippen molar-refractivity contribution >= 4 is 11.5 Å². The van der Waals surface area contributed by atoms with Crippen molar-refractivity contribution in [2.45, 2.75) is 24.9 Å². The average Bonchev–Trinajstić information content (AvgIpc) is 2.92. The molecule has 0 N–H and O–H groups in total. The summed E-state index contributed by atoms with van der Waals surface area (Å²) in [7, 11) is 2.19. The van der Waals surface area contributed by atoms with Crippen LogP contribution in [0.3, 0.4) is 0 Å². The van der Waals surface area contributed by atoms with Gasteiger partial charge in [0.25, 0.3) is 0 Å². The second kappa shape index (κ2) is 3.61. The molecule has 2 aliphatic heterocycles. The number of aromatic nitrogens is 5. The first kappa shape index (κ1) is 10.2. The van der Waals surface area contributed by atoms with E-state index in [4.69, 9.17) is 0 Å². The Labute approximate surface area is 104 Å². The van der Waals surface area contributed by atoms with Crippen LogP contribution in [0, 0.1) is 0 Å². The fourth-order valence-corrected chi connectivity index (χ4v) is 3.31. The van der Waals surface area contributed by atoms with Gasteiger partial charge in [-0.25, -0.2) is 4.98 Å². The van der Waals surface area contributed by atoms with E-state index in [0.29, 0.717) is 12.1 Å². The molecule has 2 aliphatic rings. The molecule has 4 heterocycles. The van der Waals surface area contributed by atoms with E-state index in [0.717, 1.165) is 24.6 Å². The van der Waals surface area contributed by atoms with Gasteiger partial charge in [0.1, 0.15) is 0 Å². The highest BCUT2D eigenvalue weighted by Gasteiger charge is 2.40. The van der Waals surface area contributed by atoms with Gasteiger partial charge >= 0.3 is 0 Å². The van der Waals surface area contributed by atoms with Gasteiger partial charge in [-0.2, -0.15) is 4.52 Å². The first-order chi connectivity index (χ1) is 8.83. The quantitative estimate of drug-likeness (QED) is 0.693. The van der Waals surface area contributed by atoms with E-state index in [9.17, 15) is 0 Å². The maximum atomic E-state index is 4.51. The summed E-state index contributed by atoms with van der Waals surface area (Å²) in [4.78, 5) is 9.34. The van der Waals surface area contributed by atoms with Crippen molar-refractivity contribution in [2.24, 2.45) is 0 Å². The second-order valence-corrected chi connectivity index (χ2v) is 5.21. The fourth-order valence-electron chi connectivity index (χ4n) is 3.31. The molecule has 4 rings (SSSR count). The third-order valence-electron chi connectivity index (χ3n) is 4.01. The minimum absolute atomic E-state index is 0.546. The molecular formula is C11H15N7. The lowest BCUT2D eigenvalue weighted by Crippen LogP contribution is -2.53. The summed E-state index contributed by atoms with van der Waals surface area (Å²) in [6, 6.07) is 1.09. The number of rotatable bonds is 1. The van der Waals surface area contributed by atoms with Crippen molar-refractivity contribution in [3.63, 3.8) is 0 Å². The highest BCUT2D eigenvalue weighted by molar-refractivity contribution is 5.64. The van der Waals surface area contributed by atoms with Gasteiger partial charge < -0.3 is 9.80 Å². The third-order valence-corrected chi connectivity index (χ3v) is 4.01. The van der Waals surface area contributed by atoms with E-state index in [-0.39, 0.29) is 0 Å². The molecule has 2 atom stereocenters. The Bertz CT molecular complexity index is 566. The van der Waals surface area contributed by atoms with Gasteiger partial charge in [-0.15, -0.1) is 5.10 Å². The number of hydrogen-bond donors (Lipinski definition) is 0. The number of hydrogen-bond acceptors (Lipinski definition) is 6. The zero-order valence-electron chi connectivity index (χ0n) is 10.3. The van der Waals surface area contributed by atoms with E-state index in [2.05, 4.69) is 37.4 Å². The molecule has 2 unspecified atom stereocenters. The molecule has 2 aromatic rings. The molecule has 0 aromatic carbocycles. The Morgan fingerprint density at radius 2 is 2.00 bits per heavy atom. The van der Waals surface area contributed by atoms with Gasteiger partial charge in [0, 0.05) is 31.4 Å². The Morgan fingerprint density at radius 3 is 2.78 bits per heavy atom. The highest BCUT2D eigenvalue weighted by Crippen LogP contribution is 2.34. The summed E-state index contributed by atoms with van der Waals surface area (Å²) in [6.07, 6.45) is 6.03. The molecule has 94 valence electrons. The van der Waals surface area contributed by atoms with Crippen molar-refractivity contribution in [1.29, 1.82) is 0 Å². The molecule has 7 heteroatoms. The number of fused-ring (bicyclic) bond motifs is 3. The van der Waals surface area contributed by atoms with Gasteiger partial charge in [-0.1, -0.05) is 0 Å². The van der Waals surface area contributed by atoms with E-state index >= 15 is 0 Å². The zero-order valence-corrected chi connectivity index (χ0v) is 10.3. The van der Waals surface area contributed by atoms with Gasteiger partial charge in [-0.3, -0.25) is 0 Å². The van der Waals surface area contributed by atoms with Crippen molar-refractivity contribution in [1.82, 2.24) is 29.9 Å². The lowest BCUT2D eigenvalue weighted by molar-refractivity contribution is 0.264. The number of tetrazole rings is 1. The number of piperazine rings is 1. The van der Waals surface area contributed by atoms with Gasteiger partial charge in [0.2, 0.25) is 5.65 Å². The number of nitrogens with zero attached hydrogens (tertiary/aromatic N) is 7. The molecule has 0 aliphatic carbocycles. The van der Waals surface area contributed by atoms with Crippen LogP contribution in [-0.2, 0) is 0 Å². The van der Waals surface area contributed by atoms with Crippen molar-refractivity contribution in [2.75, 3.05) is 25.0 Å². The van der Waals surface area contributed by atoms with Crippen LogP contribution in [-0.4, -0.2) is 62.1 Å². The summed E-state index contributed by atoms with van der Waals surface area (Å²) < 4.78 is 1.69. The molecule has 2 bridgehead atoms. The summed E-state index contributed by atoms with van der Waals surface area (Å²) in [5.74, 6) is 0.933. The van der Waals surface area contributed by atoms with Gasteiger partial charge in [-0.05, 0) is 30.3 Å².